The Labute approximate surface area is 132 Å². The molecule has 0 aliphatic heterocycles. The number of hydrogen-bond acceptors (Lipinski definition) is 5. The van der Waals surface area contributed by atoms with Crippen molar-refractivity contribution < 1.29 is 4.79 Å². The van der Waals surface area contributed by atoms with Gasteiger partial charge in [0.1, 0.15) is 6.33 Å². The second-order valence-electron chi connectivity index (χ2n) is 5.07. The summed E-state index contributed by atoms with van der Waals surface area (Å²) in [6, 6.07) is 6.78. The van der Waals surface area contributed by atoms with Crippen molar-refractivity contribution in [2.75, 3.05) is 5.32 Å². The predicted octanol–water partition coefficient (Wildman–Crippen LogP) is 1.28. The molecular formula is C14H16N8O. The molecule has 0 aliphatic carbocycles. The van der Waals surface area contributed by atoms with Gasteiger partial charge in [-0.1, -0.05) is 0 Å². The number of nitrogens with one attached hydrogen (secondary N) is 2. The smallest absolute Gasteiger partial charge is 0.319 e. The Bertz CT molecular complexity index is 777. The van der Waals surface area contributed by atoms with Crippen molar-refractivity contribution in [3.05, 3.63) is 48.5 Å². The quantitative estimate of drug-likeness (QED) is 0.755. The molecule has 0 bridgehead atoms. The highest BCUT2D eigenvalue weighted by Gasteiger charge is 2.11. The van der Waals surface area contributed by atoms with Crippen molar-refractivity contribution in [3.63, 3.8) is 0 Å². The van der Waals surface area contributed by atoms with Crippen LogP contribution in [0.25, 0.3) is 5.69 Å². The van der Waals surface area contributed by atoms with Gasteiger partial charge in [0.05, 0.1) is 17.9 Å². The Morgan fingerprint density at radius 3 is 2.65 bits per heavy atom. The SMILES string of the molecule is C[C@@H](NC(=O)Nc1ccc(-n2cnnn2)cc1)c1cnn(C)c1. The number of urea groups is 1. The molecule has 3 aromatic rings. The van der Waals surface area contributed by atoms with Gasteiger partial charge in [0, 0.05) is 24.5 Å². The summed E-state index contributed by atoms with van der Waals surface area (Å²) in [5.41, 5.74) is 2.43. The van der Waals surface area contributed by atoms with E-state index in [1.807, 2.05) is 32.3 Å². The summed E-state index contributed by atoms with van der Waals surface area (Å²) < 4.78 is 3.23. The summed E-state index contributed by atoms with van der Waals surface area (Å²) in [5.74, 6) is 0. The lowest BCUT2D eigenvalue weighted by atomic mass is 10.2. The molecule has 2 N–H and O–H groups in total. The van der Waals surface area contributed by atoms with Crippen LogP contribution in [-0.2, 0) is 7.05 Å². The van der Waals surface area contributed by atoms with Crippen LogP contribution in [0, 0.1) is 0 Å². The van der Waals surface area contributed by atoms with Gasteiger partial charge in [-0.3, -0.25) is 4.68 Å². The Morgan fingerprint density at radius 2 is 2.04 bits per heavy atom. The van der Waals surface area contributed by atoms with E-state index < -0.39 is 0 Å². The van der Waals surface area contributed by atoms with Gasteiger partial charge in [0.15, 0.2) is 0 Å². The Hall–Kier alpha value is -3.23. The number of tetrazole rings is 1. The monoisotopic (exact) mass is 312 g/mol. The molecule has 0 radical (unpaired) electrons. The summed E-state index contributed by atoms with van der Waals surface area (Å²) in [4.78, 5) is 12.0. The van der Waals surface area contributed by atoms with Crippen LogP contribution in [0.1, 0.15) is 18.5 Å². The Morgan fingerprint density at radius 1 is 1.26 bits per heavy atom. The summed E-state index contributed by atoms with van der Waals surface area (Å²) in [6.07, 6.45) is 5.10. The second-order valence-corrected chi connectivity index (χ2v) is 5.07. The van der Waals surface area contributed by atoms with E-state index in [1.54, 1.807) is 23.0 Å². The van der Waals surface area contributed by atoms with Crippen LogP contribution >= 0.6 is 0 Å². The van der Waals surface area contributed by atoms with Crippen molar-refractivity contribution in [2.24, 2.45) is 7.05 Å². The zero-order chi connectivity index (χ0) is 16.2. The molecule has 0 spiro atoms. The molecule has 0 saturated carbocycles. The lowest BCUT2D eigenvalue weighted by Crippen LogP contribution is -2.31. The maximum Gasteiger partial charge on any atom is 0.319 e. The molecule has 0 fully saturated rings. The van der Waals surface area contributed by atoms with Crippen molar-refractivity contribution in [1.82, 2.24) is 35.3 Å². The van der Waals surface area contributed by atoms with Gasteiger partial charge >= 0.3 is 6.03 Å². The Kier molecular flexibility index (Phi) is 4.00. The molecular weight excluding hydrogens is 296 g/mol. The summed E-state index contributed by atoms with van der Waals surface area (Å²) >= 11 is 0. The van der Waals surface area contributed by atoms with Crippen LogP contribution < -0.4 is 10.6 Å². The highest BCUT2D eigenvalue weighted by Crippen LogP contribution is 2.13. The van der Waals surface area contributed by atoms with Gasteiger partial charge in [-0.05, 0) is 41.6 Å². The maximum absolute atomic E-state index is 12.0. The molecule has 118 valence electrons. The first kappa shape index (κ1) is 14.7. The number of carbonyl (C=O) groups is 1. The van der Waals surface area contributed by atoms with Crippen LogP contribution in [0.4, 0.5) is 10.5 Å². The number of aryl methyl sites for hydroxylation is 1. The fourth-order valence-electron chi connectivity index (χ4n) is 2.09. The minimum absolute atomic E-state index is 0.135. The van der Waals surface area contributed by atoms with Crippen LogP contribution in [0.2, 0.25) is 0 Å². The first-order valence-corrected chi connectivity index (χ1v) is 7.01. The number of aromatic nitrogens is 6. The van der Waals surface area contributed by atoms with E-state index in [0.717, 1.165) is 11.3 Å². The number of hydrogen-bond donors (Lipinski definition) is 2. The summed E-state index contributed by atoms with van der Waals surface area (Å²) in [5, 5.41) is 20.7. The average molecular weight is 312 g/mol. The second kappa shape index (κ2) is 6.26. The van der Waals surface area contributed by atoms with Crippen molar-refractivity contribution in [2.45, 2.75) is 13.0 Å². The van der Waals surface area contributed by atoms with Gasteiger partial charge < -0.3 is 10.6 Å². The van der Waals surface area contributed by atoms with Crippen LogP contribution in [0.5, 0.6) is 0 Å². The summed E-state index contributed by atoms with van der Waals surface area (Å²) in [6.45, 7) is 1.90. The van der Waals surface area contributed by atoms with E-state index in [1.165, 1.54) is 11.0 Å². The van der Waals surface area contributed by atoms with Gasteiger partial charge in [0.25, 0.3) is 0 Å². The first-order valence-electron chi connectivity index (χ1n) is 7.01. The van der Waals surface area contributed by atoms with Crippen LogP contribution in [-0.4, -0.2) is 36.0 Å². The lowest BCUT2D eigenvalue weighted by Gasteiger charge is -2.13. The molecule has 9 heteroatoms. The molecule has 23 heavy (non-hydrogen) atoms. The molecule has 0 saturated heterocycles. The third kappa shape index (κ3) is 3.51. The van der Waals surface area contributed by atoms with E-state index in [2.05, 4.69) is 31.3 Å². The van der Waals surface area contributed by atoms with Gasteiger partial charge in [-0.15, -0.1) is 5.10 Å². The predicted molar refractivity (Wildman–Crippen MR) is 82.9 cm³/mol. The largest absolute Gasteiger partial charge is 0.331 e. The Balaban J connectivity index is 1.59. The fourth-order valence-corrected chi connectivity index (χ4v) is 2.09. The number of anilines is 1. The number of benzene rings is 1. The zero-order valence-corrected chi connectivity index (χ0v) is 12.7. The molecule has 3 rings (SSSR count). The molecule has 2 amide bonds. The molecule has 1 aromatic carbocycles. The van der Waals surface area contributed by atoms with Gasteiger partial charge in [0.2, 0.25) is 0 Å². The van der Waals surface area contributed by atoms with Gasteiger partial charge in [-0.2, -0.15) is 5.10 Å². The minimum atomic E-state index is -0.281. The fraction of sp³-hybridized carbons (Fsp3) is 0.214. The number of amides is 2. The highest BCUT2D eigenvalue weighted by molar-refractivity contribution is 5.89. The topological polar surface area (TPSA) is 103 Å². The molecule has 2 aromatic heterocycles. The molecule has 0 aliphatic rings. The third-order valence-electron chi connectivity index (χ3n) is 3.31. The van der Waals surface area contributed by atoms with E-state index in [0.29, 0.717) is 5.69 Å². The van der Waals surface area contributed by atoms with Crippen LogP contribution in [0.15, 0.2) is 43.0 Å². The lowest BCUT2D eigenvalue weighted by molar-refractivity contribution is 0.249. The van der Waals surface area contributed by atoms with E-state index >= 15 is 0 Å². The first-order chi connectivity index (χ1) is 11.1. The van der Waals surface area contributed by atoms with Crippen molar-refractivity contribution in [1.29, 1.82) is 0 Å². The molecule has 9 nitrogen and oxygen atoms in total. The average Bonchev–Trinajstić information content (AvgIpc) is 3.19. The zero-order valence-electron chi connectivity index (χ0n) is 12.7. The van der Waals surface area contributed by atoms with Crippen LogP contribution in [0.3, 0.4) is 0 Å². The number of nitrogens with zero attached hydrogens (tertiary/aromatic N) is 6. The van der Waals surface area contributed by atoms with Crippen molar-refractivity contribution >= 4 is 11.7 Å². The van der Waals surface area contributed by atoms with E-state index in [-0.39, 0.29) is 12.1 Å². The minimum Gasteiger partial charge on any atom is -0.331 e. The van der Waals surface area contributed by atoms with E-state index in [9.17, 15) is 4.79 Å². The third-order valence-corrected chi connectivity index (χ3v) is 3.31. The molecule has 2 heterocycles. The summed E-state index contributed by atoms with van der Waals surface area (Å²) in [7, 11) is 1.84. The normalized spacial score (nSPS) is 11.9. The highest BCUT2D eigenvalue weighted by atomic mass is 16.2. The van der Waals surface area contributed by atoms with E-state index in [4.69, 9.17) is 0 Å². The number of rotatable bonds is 4. The maximum atomic E-state index is 12.0. The van der Waals surface area contributed by atoms with Crippen molar-refractivity contribution in [3.8, 4) is 5.69 Å². The number of carbonyl (C=O) groups excluding carboxylic acids is 1. The standard InChI is InChI=1S/C14H16N8O/c1-10(11-7-16-21(2)8-11)17-14(23)18-12-3-5-13(6-4-12)22-9-15-19-20-22/h3-10H,1-2H3,(H2,17,18,23)/t10-/m1/s1. The molecule has 0 unspecified atom stereocenters. The van der Waals surface area contributed by atoms with Gasteiger partial charge in [-0.25, -0.2) is 9.48 Å². The molecule has 1 atom stereocenters.